The maximum Gasteiger partial charge on any atom is 0.256 e. The topological polar surface area (TPSA) is 80.7 Å². The summed E-state index contributed by atoms with van der Waals surface area (Å²) in [6.07, 6.45) is -0.870. The van der Waals surface area contributed by atoms with E-state index in [0.29, 0.717) is 19.1 Å². The zero-order chi connectivity index (χ0) is 17.4. The van der Waals surface area contributed by atoms with E-state index >= 15 is 0 Å². The fraction of sp³-hybridized carbons (Fsp3) is 0.278. The highest BCUT2D eigenvalue weighted by Crippen LogP contribution is 2.21. The number of carbonyl (C=O) groups is 1. The summed E-state index contributed by atoms with van der Waals surface area (Å²) in [6, 6.07) is 12.9. The van der Waals surface area contributed by atoms with E-state index in [0.717, 1.165) is 5.56 Å². The normalized spacial score (nSPS) is 11.6. The minimum absolute atomic E-state index is 0.0522. The van der Waals surface area contributed by atoms with E-state index in [4.69, 9.17) is 14.6 Å². The van der Waals surface area contributed by atoms with Crippen LogP contribution in [-0.2, 0) is 6.61 Å². The van der Waals surface area contributed by atoms with Crippen molar-refractivity contribution in [2.45, 2.75) is 19.6 Å². The number of ether oxygens (including phenoxy) is 2. The third-order valence-corrected chi connectivity index (χ3v) is 3.09. The van der Waals surface area contributed by atoms with Crippen LogP contribution in [0.5, 0.6) is 11.8 Å². The molecule has 1 heterocycles. The summed E-state index contributed by atoms with van der Waals surface area (Å²) in [6.45, 7) is 6.00. The molecule has 0 bridgehead atoms. The Hall–Kier alpha value is -2.60. The van der Waals surface area contributed by atoms with E-state index in [1.54, 1.807) is 19.1 Å². The molecule has 1 amide bonds. The molecule has 1 atom stereocenters. The van der Waals surface area contributed by atoms with Crippen LogP contribution in [0.25, 0.3) is 0 Å². The zero-order valence-corrected chi connectivity index (χ0v) is 13.6. The molecule has 1 aromatic heterocycles. The predicted molar refractivity (Wildman–Crippen MR) is 89.9 cm³/mol. The molecule has 2 N–H and O–H groups in total. The van der Waals surface area contributed by atoms with Crippen molar-refractivity contribution in [3.8, 4) is 11.8 Å². The molecule has 6 heteroatoms. The summed E-state index contributed by atoms with van der Waals surface area (Å²) >= 11 is 0. The molecule has 0 saturated carbocycles. The van der Waals surface area contributed by atoms with Crippen molar-refractivity contribution in [3.05, 3.63) is 60.5 Å². The molecule has 2 rings (SSSR count). The van der Waals surface area contributed by atoms with Crippen LogP contribution in [0.1, 0.15) is 22.8 Å². The van der Waals surface area contributed by atoms with Gasteiger partial charge in [-0.2, -0.15) is 4.98 Å². The standard InChI is InChI=1S/C18H21N2O4/c1-3-23-18-15(17(22)19-11-13(2)21)9-10-16(20-18)24-12-14-7-5-4-6-8-14/h4-10,13,21H,2-3,11-12H2,1H3,(H,19,22). The van der Waals surface area contributed by atoms with Crippen molar-refractivity contribution in [2.24, 2.45) is 0 Å². The third-order valence-electron chi connectivity index (χ3n) is 3.09. The second-order valence-electron chi connectivity index (χ2n) is 5.07. The molecule has 0 aliphatic carbocycles. The molecular formula is C18H21N2O4. The van der Waals surface area contributed by atoms with Gasteiger partial charge < -0.3 is 19.9 Å². The smallest absolute Gasteiger partial charge is 0.256 e. The fourth-order valence-corrected chi connectivity index (χ4v) is 1.96. The summed E-state index contributed by atoms with van der Waals surface area (Å²) in [4.78, 5) is 16.4. The molecule has 1 aromatic carbocycles. The molecule has 2 aromatic rings. The number of aromatic nitrogens is 1. The Kier molecular flexibility index (Phi) is 6.57. The highest BCUT2D eigenvalue weighted by Gasteiger charge is 2.15. The highest BCUT2D eigenvalue weighted by molar-refractivity contribution is 5.96. The van der Waals surface area contributed by atoms with Gasteiger partial charge in [0.05, 0.1) is 12.7 Å². The summed E-state index contributed by atoms with van der Waals surface area (Å²) in [5.74, 6) is 0.179. The lowest BCUT2D eigenvalue weighted by molar-refractivity contribution is 0.0927. The first-order chi connectivity index (χ1) is 11.6. The molecule has 1 radical (unpaired) electrons. The minimum atomic E-state index is -0.870. The number of aliphatic hydroxyl groups excluding tert-OH is 1. The van der Waals surface area contributed by atoms with E-state index in [9.17, 15) is 4.79 Å². The van der Waals surface area contributed by atoms with Gasteiger partial charge in [0.25, 0.3) is 5.91 Å². The first-order valence-electron chi connectivity index (χ1n) is 7.70. The van der Waals surface area contributed by atoms with E-state index in [1.165, 1.54) is 0 Å². The Labute approximate surface area is 141 Å². The number of aliphatic hydroxyl groups is 1. The number of nitrogens with zero attached hydrogens (tertiary/aromatic N) is 1. The van der Waals surface area contributed by atoms with Gasteiger partial charge in [0, 0.05) is 12.6 Å². The van der Waals surface area contributed by atoms with Gasteiger partial charge in [-0.25, -0.2) is 0 Å². The van der Waals surface area contributed by atoms with Crippen LogP contribution in [0.3, 0.4) is 0 Å². The van der Waals surface area contributed by atoms with E-state index in [2.05, 4.69) is 17.2 Å². The molecule has 0 aliphatic rings. The Bertz CT molecular complexity index is 659. The van der Waals surface area contributed by atoms with Crippen LogP contribution in [0, 0.1) is 6.92 Å². The van der Waals surface area contributed by atoms with Crippen molar-refractivity contribution in [1.29, 1.82) is 0 Å². The lowest BCUT2D eigenvalue weighted by atomic mass is 10.2. The quantitative estimate of drug-likeness (QED) is 0.774. The summed E-state index contributed by atoms with van der Waals surface area (Å²) in [5, 5.41) is 11.7. The second-order valence-corrected chi connectivity index (χ2v) is 5.07. The Morgan fingerprint density at radius 3 is 2.67 bits per heavy atom. The summed E-state index contributed by atoms with van der Waals surface area (Å²) in [7, 11) is 0. The van der Waals surface area contributed by atoms with Gasteiger partial charge in [0.15, 0.2) is 0 Å². The molecule has 0 saturated heterocycles. The largest absolute Gasteiger partial charge is 0.477 e. The van der Waals surface area contributed by atoms with Crippen molar-refractivity contribution >= 4 is 5.91 Å². The number of hydrogen-bond acceptors (Lipinski definition) is 5. The monoisotopic (exact) mass is 329 g/mol. The maximum absolute atomic E-state index is 12.1. The Morgan fingerprint density at radius 2 is 2.00 bits per heavy atom. The summed E-state index contributed by atoms with van der Waals surface area (Å²) in [5.41, 5.74) is 1.30. The van der Waals surface area contributed by atoms with Gasteiger partial charge >= 0.3 is 0 Å². The highest BCUT2D eigenvalue weighted by atomic mass is 16.5. The summed E-state index contributed by atoms with van der Waals surface area (Å²) < 4.78 is 11.1. The van der Waals surface area contributed by atoms with Crippen LogP contribution < -0.4 is 14.8 Å². The molecule has 24 heavy (non-hydrogen) atoms. The van der Waals surface area contributed by atoms with Crippen molar-refractivity contribution in [3.63, 3.8) is 0 Å². The number of benzene rings is 1. The van der Waals surface area contributed by atoms with Crippen LogP contribution in [0.4, 0.5) is 0 Å². The zero-order valence-electron chi connectivity index (χ0n) is 13.6. The van der Waals surface area contributed by atoms with Gasteiger partial charge in [-0.1, -0.05) is 30.3 Å². The third kappa shape index (κ3) is 5.24. The molecule has 0 fully saturated rings. The predicted octanol–water partition coefficient (Wildman–Crippen LogP) is 1.98. The van der Waals surface area contributed by atoms with E-state index in [1.807, 2.05) is 30.3 Å². The molecule has 0 aliphatic heterocycles. The van der Waals surface area contributed by atoms with Gasteiger partial charge in [0.2, 0.25) is 11.8 Å². The number of rotatable bonds is 8. The average Bonchev–Trinajstić information content (AvgIpc) is 2.59. The van der Waals surface area contributed by atoms with Gasteiger partial charge in [0.1, 0.15) is 12.2 Å². The lowest BCUT2D eigenvalue weighted by Crippen LogP contribution is -2.31. The molecule has 1 unspecified atom stereocenters. The number of nitrogens with one attached hydrogen (secondary N) is 1. The Balaban J connectivity index is 2.09. The molecule has 6 nitrogen and oxygen atoms in total. The SMILES string of the molecule is [CH2]C(O)CNC(=O)c1ccc(OCc2ccccc2)nc1OCC. The number of carbonyl (C=O) groups excluding carboxylic acids is 1. The molecule has 0 spiro atoms. The Morgan fingerprint density at radius 1 is 1.25 bits per heavy atom. The van der Waals surface area contributed by atoms with E-state index in [-0.39, 0.29) is 23.9 Å². The van der Waals surface area contributed by atoms with Gasteiger partial charge in [-0.3, -0.25) is 4.79 Å². The first-order valence-corrected chi connectivity index (χ1v) is 7.70. The van der Waals surface area contributed by atoms with Gasteiger partial charge in [-0.15, -0.1) is 0 Å². The van der Waals surface area contributed by atoms with Crippen LogP contribution in [0.2, 0.25) is 0 Å². The van der Waals surface area contributed by atoms with Crippen LogP contribution >= 0.6 is 0 Å². The number of pyridine rings is 1. The maximum atomic E-state index is 12.1. The first kappa shape index (κ1) is 17.7. The van der Waals surface area contributed by atoms with Crippen molar-refractivity contribution in [1.82, 2.24) is 10.3 Å². The molecule has 127 valence electrons. The van der Waals surface area contributed by atoms with Gasteiger partial charge in [-0.05, 0) is 25.5 Å². The second kappa shape index (κ2) is 8.88. The van der Waals surface area contributed by atoms with Crippen LogP contribution in [-0.4, -0.2) is 35.3 Å². The number of hydrogen-bond donors (Lipinski definition) is 2. The number of amides is 1. The van der Waals surface area contributed by atoms with E-state index < -0.39 is 6.10 Å². The lowest BCUT2D eigenvalue weighted by Gasteiger charge is -2.12. The van der Waals surface area contributed by atoms with Crippen molar-refractivity contribution < 1.29 is 19.4 Å². The molecular weight excluding hydrogens is 308 g/mol. The van der Waals surface area contributed by atoms with Crippen LogP contribution in [0.15, 0.2) is 42.5 Å². The van der Waals surface area contributed by atoms with Crippen molar-refractivity contribution in [2.75, 3.05) is 13.2 Å². The minimum Gasteiger partial charge on any atom is -0.477 e. The fourth-order valence-electron chi connectivity index (χ4n) is 1.96. The average molecular weight is 329 g/mol.